The van der Waals surface area contributed by atoms with Gasteiger partial charge in [-0.15, -0.1) is 0 Å². The van der Waals surface area contributed by atoms with E-state index in [9.17, 15) is 0 Å². The molecule has 1 atom stereocenters. The van der Waals surface area contributed by atoms with E-state index in [1.165, 1.54) is 0 Å². The van der Waals surface area contributed by atoms with E-state index in [4.69, 9.17) is 5.26 Å². The zero-order valence-corrected chi connectivity index (χ0v) is 10.1. The van der Waals surface area contributed by atoms with Gasteiger partial charge in [0.05, 0.1) is 5.56 Å². The largest absolute Gasteiger partial charge is 0.309 e. The Morgan fingerprint density at radius 3 is 2.88 bits per heavy atom. The summed E-state index contributed by atoms with van der Waals surface area (Å²) in [5.41, 5.74) is 1.66. The van der Waals surface area contributed by atoms with Crippen molar-refractivity contribution in [1.82, 2.24) is 15.2 Å². The SMILES string of the molecule is CC(CN(C)C)NCc1cncc(C#N)c1. The number of rotatable bonds is 5. The Morgan fingerprint density at radius 1 is 1.50 bits per heavy atom. The highest BCUT2D eigenvalue weighted by atomic mass is 15.1. The molecule has 0 spiro atoms. The zero-order chi connectivity index (χ0) is 12.0. The van der Waals surface area contributed by atoms with Gasteiger partial charge in [0.15, 0.2) is 0 Å². The second-order valence-corrected chi connectivity index (χ2v) is 4.24. The van der Waals surface area contributed by atoms with Gasteiger partial charge in [-0.3, -0.25) is 4.98 Å². The molecule has 1 aromatic heterocycles. The predicted octanol–water partition coefficient (Wildman–Crippen LogP) is 0.993. The smallest absolute Gasteiger partial charge is 0.101 e. The molecular formula is C12H18N4. The minimum atomic E-state index is 0.417. The Morgan fingerprint density at radius 2 is 2.25 bits per heavy atom. The summed E-state index contributed by atoms with van der Waals surface area (Å²) in [5.74, 6) is 0. The third kappa shape index (κ3) is 4.39. The van der Waals surface area contributed by atoms with Crippen LogP contribution in [0.15, 0.2) is 18.5 Å². The van der Waals surface area contributed by atoms with Gasteiger partial charge in [0, 0.05) is 31.5 Å². The van der Waals surface area contributed by atoms with Crippen molar-refractivity contribution in [3.8, 4) is 6.07 Å². The van der Waals surface area contributed by atoms with Crippen molar-refractivity contribution >= 4 is 0 Å². The maximum Gasteiger partial charge on any atom is 0.101 e. The molecule has 86 valence electrons. The summed E-state index contributed by atoms with van der Waals surface area (Å²) in [6.07, 6.45) is 3.36. The van der Waals surface area contributed by atoms with Crippen LogP contribution < -0.4 is 5.32 Å². The highest BCUT2D eigenvalue weighted by Crippen LogP contribution is 2.01. The van der Waals surface area contributed by atoms with E-state index in [0.717, 1.165) is 18.7 Å². The number of nitrogens with one attached hydrogen (secondary N) is 1. The summed E-state index contributed by atoms with van der Waals surface area (Å²) in [4.78, 5) is 6.16. The van der Waals surface area contributed by atoms with Crippen LogP contribution in [-0.4, -0.2) is 36.6 Å². The third-order valence-corrected chi connectivity index (χ3v) is 2.22. The molecule has 0 radical (unpaired) electrons. The molecular weight excluding hydrogens is 200 g/mol. The molecule has 0 fully saturated rings. The van der Waals surface area contributed by atoms with Crippen LogP contribution in [0.4, 0.5) is 0 Å². The van der Waals surface area contributed by atoms with Crippen molar-refractivity contribution in [3.05, 3.63) is 29.6 Å². The van der Waals surface area contributed by atoms with Gasteiger partial charge in [-0.2, -0.15) is 5.26 Å². The van der Waals surface area contributed by atoms with Crippen molar-refractivity contribution in [2.75, 3.05) is 20.6 Å². The maximum absolute atomic E-state index is 8.74. The van der Waals surface area contributed by atoms with E-state index in [2.05, 4.69) is 42.3 Å². The standard InChI is InChI=1S/C12H18N4/c1-10(9-16(2)3)15-8-12-4-11(5-13)6-14-7-12/h4,6-7,10,15H,8-9H2,1-3H3. The van der Waals surface area contributed by atoms with Crippen LogP contribution in [-0.2, 0) is 6.54 Å². The van der Waals surface area contributed by atoms with Crippen LogP contribution in [0.1, 0.15) is 18.1 Å². The molecule has 1 heterocycles. The van der Waals surface area contributed by atoms with Crippen LogP contribution in [0.25, 0.3) is 0 Å². The number of pyridine rings is 1. The molecule has 0 aliphatic rings. The summed E-state index contributed by atoms with van der Waals surface area (Å²) in [5, 5.41) is 12.1. The normalized spacial score (nSPS) is 12.4. The lowest BCUT2D eigenvalue weighted by atomic mass is 10.2. The molecule has 0 saturated heterocycles. The average Bonchev–Trinajstić information content (AvgIpc) is 2.26. The van der Waals surface area contributed by atoms with Gasteiger partial charge in [0.25, 0.3) is 0 Å². The van der Waals surface area contributed by atoms with Crippen LogP contribution in [0.3, 0.4) is 0 Å². The van der Waals surface area contributed by atoms with E-state index in [1.807, 2.05) is 6.07 Å². The summed E-state index contributed by atoms with van der Waals surface area (Å²) < 4.78 is 0. The Labute approximate surface area is 96.9 Å². The highest BCUT2D eigenvalue weighted by Gasteiger charge is 2.03. The quantitative estimate of drug-likeness (QED) is 0.801. The number of nitriles is 1. The number of hydrogen-bond acceptors (Lipinski definition) is 4. The fourth-order valence-electron chi connectivity index (χ4n) is 1.55. The van der Waals surface area contributed by atoms with Crippen molar-refractivity contribution < 1.29 is 0 Å². The zero-order valence-electron chi connectivity index (χ0n) is 10.1. The van der Waals surface area contributed by atoms with Crippen LogP contribution in [0, 0.1) is 11.3 Å². The summed E-state index contributed by atoms with van der Waals surface area (Å²) in [6.45, 7) is 3.88. The van der Waals surface area contributed by atoms with E-state index in [0.29, 0.717) is 11.6 Å². The minimum absolute atomic E-state index is 0.417. The topological polar surface area (TPSA) is 52.0 Å². The van der Waals surface area contributed by atoms with E-state index >= 15 is 0 Å². The second-order valence-electron chi connectivity index (χ2n) is 4.24. The molecule has 0 aliphatic heterocycles. The van der Waals surface area contributed by atoms with Crippen LogP contribution in [0.2, 0.25) is 0 Å². The number of likely N-dealkylation sites (N-methyl/N-ethyl adjacent to an activating group) is 1. The number of aromatic nitrogens is 1. The number of hydrogen-bond donors (Lipinski definition) is 1. The van der Waals surface area contributed by atoms with Gasteiger partial charge >= 0.3 is 0 Å². The highest BCUT2D eigenvalue weighted by molar-refractivity contribution is 5.28. The molecule has 1 aromatic rings. The summed E-state index contributed by atoms with van der Waals surface area (Å²) in [7, 11) is 4.10. The Balaban J connectivity index is 2.45. The minimum Gasteiger partial charge on any atom is -0.309 e. The maximum atomic E-state index is 8.74. The first-order valence-corrected chi connectivity index (χ1v) is 5.34. The molecule has 1 rings (SSSR count). The van der Waals surface area contributed by atoms with Crippen LogP contribution >= 0.6 is 0 Å². The van der Waals surface area contributed by atoms with E-state index in [-0.39, 0.29) is 0 Å². The second kappa shape index (κ2) is 6.21. The van der Waals surface area contributed by atoms with E-state index < -0.39 is 0 Å². The molecule has 1 unspecified atom stereocenters. The van der Waals surface area contributed by atoms with Gasteiger partial charge in [0.1, 0.15) is 6.07 Å². The third-order valence-electron chi connectivity index (χ3n) is 2.22. The molecule has 0 saturated carbocycles. The molecule has 0 aliphatic carbocycles. The number of nitrogens with zero attached hydrogens (tertiary/aromatic N) is 3. The van der Waals surface area contributed by atoms with E-state index in [1.54, 1.807) is 12.4 Å². The first kappa shape index (κ1) is 12.6. The Bertz CT molecular complexity index is 368. The average molecular weight is 218 g/mol. The molecule has 1 N–H and O–H groups in total. The Kier molecular flexibility index (Phi) is 4.90. The van der Waals surface area contributed by atoms with Crippen molar-refractivity contribution in [2.24, 2.45) is 0 Å². The van der Waals surface area contributed by atoms with Crippen molar-refractivity contribution in [2.45, 2.75) is 19.5 Å². The lowest BCUT2D eigenvalue weighted by Crippen LogP contribution is -2.35. The first-order chi connectivity index (χ1) is 7.61. The van der Waals surface area contributed by atoms with Gasteiger partial charge in [-0.1, -0.05) is 0 Å². The predicted molar refractivity (Wildman–Crippen MR) is 63.8 cm³/mol. The van der Waals surface area contributed by atoms with Crippen molar-refractivity contribution in [1.29, 1.82) is 5.26 Å². The van der Waals surface area contributed by atoms with Gasteiger partial charge in [0.2, 0.25) is 0 Å². The summed E-state index contributed by atoms with van der Waals surface area (Å²) >= 11 is 0. The van der Waals surface area contributed by atoms with Gasteiger partial charge in [-0.25, -0.2) is 0 Å². The molecule has 0 amide bonds. The molecule has 0 aromatic carbocycles. The first-order valence-electron chi connectivity index (χ1n) is 5.34. The molecule has 4 heteroatoms. The van der Waals surface area contributed by atoms with Gasteiger partial charge in [-0.05, 0) is 32.6 Å². The Hall–Kier alpha value is -1.44. The fraction of sp³-hybridized carbons (Fsp3) is 0.500. The molecule has 4 nitrogen and oxygen atoms in total. The summed E-state index contributed by atoms with van der Waals surface area (Å²) in [6, 6.07) is 4.37. The lowest BCUT2D eigenvalue weighted by molar-refractivity contribution is 0.349. The van der Waals surface area contributed by atoms with Gasteiger partial charge < -0.3 is 10.2 Å². The van der Waals surface area contributed by atoms with Crippen molar-refractivity contribution in [3.63, 3.8) is 0 Å². The fourth-order valence-corrected chi connectivity index (χ4v) is 1.55. The monoisotopic (exact) mass is 218 g/mol. The van der Waals surface area contributed by atoms with Crippen LogP contribution in [0.5, 0.6) is 0 Å². The molecule has 0 bridgehead atoms. The molecule has 16 heavy (non-hydrogen) atoms. The lowest BCUT2D eigenvalue weighted by Gasteiger charge is -2.18.